The SMILES string of the molecule is CN(CC(C)(C)O)c1ncncc1Br. The van der Waals surface area contributed by atoms with Gasteiger partial charge in [0.25, 0.3) is 0 Å². The van der Waals surface area contributed by atoms with E-state index in [0.717, 1.165) is 10.3 Å². The molecular formula is C9H14BrN3O. The van der Waals surface area contributed by atoms with Crippen molar-refractivity contribution < 1.29 is 5.11 Å². The highest BCUT2D eigenvalue weighted by Crippen LogP contribution is 2.21. The maximum atomic E-state index is 9.64. The first-order valence-electron chi connectivity index (χ1n) is 4.29. The van der Waals surface area contributed by atoms with Crippen LogP contribution in [-0.4, -0.2) is 34.3 Å². The Morgan fingerprint density at radius 2 is 2.21 bits per heavy atom. The van der Waals surface area contributed by atoms with Crippen molar-refractivity contribution in [3.8, 4) is 0 Å². The summed E-state index contributed by atoms with van der Waals surface area (Å²) in [6, 6.07) is 0. The van der Waals surface area contributed by atoms with E-state index in [4.69, 9.17) is 0 Å². The minimum atomic E-state index is -0.737. The summed E-state index contributed by atoms with van der Waals surface area (Å²) in [5, 5.41) is 9.64. The fourth-order valence-electron chi connectivity index (χ4n) is 1.24. The average Bonchev–Trinajstić information content (AvgIpc) is 2.01. The number of nitrogens with zero attached hydrogens (tertiary/aromatic N) is 3. The van der Waals surface area contributed by atoms with Crippen LogP contribution in [0.25, 0.3) is 0 Å². The molecule has 1 aromatic heterocycles. The van der Waals surface area contributed by atoms with E-state index in [9.17, 15) is 5.11 Å². The monoisotopic (exact) mass is 259 g/mol. The molecule has 1 aromatic rings. The Balaban J connectivity index is 2.80. The Hall–Kier alpha value is -0.680. The van der Waals surface area contributed by atoms with Gasteiger partial charge in [-0.3, -0.25) is 0 Å². The van der Waals surface area contributed by atoms with E-state index < -0.39 is 5.60 Å². The maximum Gasteiger partial charge on any atom is 0.146 e. The lowest BCUT2D eigenvalue weighted by Gasteiger charge is -2.26. The third-order valence-corrected chi connectivity index (χ3v) is 2.19. The fourth-order valence-corrected chi connectivity index (χ4v) is 1.77. The summed E-state index contributed by atoms with van der Waals surface area (Å²) < 4.78 is 0.826. The number of rotatable bonds is 3. The van der Waals surface area contributed by atoms with Crippen molar-refractivity contribution in [2.75, 3.05) is 18.5 Å². The summed E-state index contributed by atoms with van der Waals surface area (Å²) in [5.41, 5.74) is -0.737. The minimum Gasteiger partial charge on any atom is -0.389 e. The van der Waals surface area contributed by atoms with Gasteiger partial charge in [0.05, 0.1) is 10.1 Å². The van der Waals surface area contributed by atoms with Crippen LogP contribution in [0.3, 0.4) is 0 Å². The molecule has 0 saturated carbocycles. The Morgan fingerprint density at radius 3 is 2.71 bits per heavy atom. The Morgan fingerprint density at radius 1 is 1.57 bits per heavy atom. The molecule has 0 aromatic carbocycles. The van der Waals surface area contributed by atoms with E-state index in [2.05, 4.69) is 25.9 Å². The van der Waals surface area contributed by atoms with Crippen LogP contribution >= 0.6 is 15.9 Å². The summed E-state index contributed by atoms with van der Waals surface area (Å²) >= 11 is 3.36. The Kier molecular flexibility index (Phi) is 3.44. The molecule has 1 N–H and O–H groups in total. The van der Waals surface area contributed by atoms with Crippen LogP contribution in [-0.2, 0) is 0 Å². The van der Waals surface area contributed by atoms with E-state index in [1.54, 1.807) is 20.0 Å². The highest BCUT2D eigenvalue weighted by Gasteiger charge is 2.17. The Bertz CT molecular complexity index is 311. The highest BCUT2D eigenvalue weighted by atomic mass is 79.9. The number of hydrogen-bond acceptors (Lipinski definition) is 4. The van der Waals surface area contributed by atoms with E-state index in [-0.39, 0.29) is 0 Å². The van der Waals surface area contributed by atoms with Crippen LogP contribution < -0.4 is 4.90 Å². The quantitative estimate of drug-likeness (QED) is 0.893. The van der Waals surface area contributed by atoms with Crippen LogP contribution in [0.5, 0.6) is 0 Å². The van der Waals surface area contributed by atoms with Crippen LogP contribution in [0.4, 0.5) is 5.82 Å². The van der Waals surface area contributed by atoms with Crippen molar-refractivity contribution in [2.45, 2.75) is 19.4 Å². The summed E-state index contributed by atoms with van der Waals surface area (Å²) in [4.78, 5) is 9.88. The van der Waals surface area contributed by atoms with Gasteiger partial charge in [-0.1, -0.05) is 0 Å². The number of hydrogen-bond donors (Lipinski definition) is 1. The molecule has 1 rings (SSSR count). The molecule has 0 spiro atoms. The lowest BCUT2D eigenvalue weighted by Crippen LogP contribution is -2.36. The van der Waals surface area contributed by atoms with Crippen LogP contribution in [0.15, 0.2) is 17.0 Å². The molecule has 4 nitrogen and oxygen atoms in total. The summed E-state index contributed by atoms with van der Waals surface area (Å²) in [6.07, 6.45) is 3.17. The molecule has 14 heavy (non-hydrogen) atoms. The molecular weight excluding hydrogens is 246 g/mol. The molecule has 1 heterocycles. The zero-order chi connectivity index (χ0) is 10.8. The molecule has 0 fully saturated rings. The lowest BCUT2D eigenvalue weighted by atomic mass is 10.1. The largest absolute Gasteiger partial charge is 0.389 e. The van der Waals surface area contributed by atoms with Crippen molar-refractivity contribution in [1.29, 1.82) is 0 Å². The minimum absolute atomic E-state index is 0.516. The number of aromatic nitrogens is 2. The molecule has 0 aliphatic carbocycles. The number of halogens is 1. The first-order valence-corrected chi connectivity index (χ1v) is 5.08. The fraction of sp³-hybridized carbons (Fsp3) is 0.556. The zero-order valence-corrected chi connectivity index (χ0v) is 10.1. The van der Waals surface area contributed by atoms with Gasteiger partial charge in [0.1, 0.15) is 12.1 Å². The van der Waals surface area contributed by atoms with Gasteiger partial charge in [0, 0.05) is 19.8 Å². The maximum absolute atomic E-state index is 9.64. The third-order valence-electron chi connectivity index (χ3n) is 1.63. The lowest BCUT2D eigenvalue weighted by molar-refractivity contribution is 0.0884. The number of aliphatic hydroxyl groups is 1. The molecule has 0 unspecified atom stereocenters. The number of likely N-dealkylation sites (N-methyl/N-ethyl adjacent to an activating group) is 1. The van der Waals surface area contributed by atoms with E-state index in [0.29, 0.717) is 6.54 Å². The van der Waals surface area contributed by atoms with Crippen molar-refractivity contribution in [3.63, 3.8) is 0 Å². The standard InChI is InChI=1S/C9H14BrN3O/c1-9(2,14)5-13(3)8-7(10)4-11-6-12-8/h4,6,14H,5H2,1-3H3. The van der Waals surface area contributed by atoms with Gasteiger partial charge in [-0.15, -0.1) is 0 Å². The topological polar surface area (TPSA) is 49.2 Å². The summed E-state index contributed by atoms with van der Waals surface area (Å²) in [7, 11) is 1.88. The highest BCUT2D eigenvalue weighted by molar-refractivity contribution is 9.10. The van der Waals surface area contributed by atoms with Gasteiger partial charge >= 0.3 is 0 Å². The van der Waals surface area contributed by atoms with Gasteiger partial charge < -0.3 is 10.0 Å². The van der Waals surface area contributed by atoms with Crippen molar-refractivity contribution in [2.24, 2.45) is 0 Å². The van der Waals surface area contributed by atoms with E-state index >= 15 is 0 Å². The molecule has 0 bridgehead atoms. The van der Waals surface area contributed by atoms with Gasteiger partial charge in [-0.25, -0.2) is 9.97 Å². The second-order valence-electron chi connectivity index (χ2n) is 3.86. The summed E-state index contributed by atoms with van der Waals surface area (Å²) in [5.74, 6) is 0.780. The van der Waals surface area contributed by atoms with Gasteiger partial charge in [-0.2, -0.15) is 0 Å². The average molecular weight is 260 g/mol. The Labute approximate surface area is 92.1 Å². The molecule has 0 amide bonds. The second-order valence-corrected chi connectivity index (χ2v) is 4.72. The van der Waals surface area contributed by atoms with Crippen LogP contribution in [0.2, 0.25) is 0 Å². The molecule has 0 atom stereocenters. The van der Waals surface area contributed by atoms with Crippen LogP contribution in [0.1, 0.15) is 13.8 Å². The molecule has 0 aliphatic rings. The normalized spacial score (nSPS) is 11.5. The van der Waals surface area contributed by atoms with Gasteiger partial charge in [0.2, 0.25) is 0 Å². The predicted molar refractivity (Wildman–Crippen MR) is 59.3 cm³/mol. The van der Waals surface area contributed by atoms with Crippen molar-refractivity contribution in [1.82, 2.24) is 9.97 Å². The number of anilines is 1. The first-order chi connectivity index (χ1) is 6.40. The molecule has 0 radical (unpaired) electrons. The predicted octanol–water partition coefficient (Wildman–Crippen LogP) is 1.45. The van der Waals surface area contributed by atoms with Gasteiger partial charge in [-0.05, 0) is 29.8 Å². The van der Waals surface area contributed by atoms with Gasteiger partial charge in [0.15, 0.2) is 0 Å². The molecule has 0 saturated heterocycles. The van der Waals surface area contributed by atoms with Crippen molar-refractivity contribution in [3.05, 3.63) is 17.0 Å². The zero-order valence-electron chi connectivity index (χ0n) is 8.53. The second kappa shape index (κ2) is 4.23. The molecule has 5 heteroatoms. The first kappa shape index (κ1) is 11.4. The van der Waals surface area contributed by atoms with E-state index in [1.165, 1.54) is 6.33 Å². The van der Waals surface area contributed by atoms with E-state index in [1.807, 2.05) is 11.9 Å². The summed E-state index contributed by atoms with van der Waals surface area (Å²) in [6.45, 7) is 4.04. The molecule has 78 valence electrons. The van der Waals surface area contributed by atoms with Crippen LogP contribution in [0, 0.1) is 0 Å². The van der Waals surface area contributed by atoms with Crippen molar-refractivity contribution >= 4 is 21.7 Å². The smallest absolute Gasteiger partial charge is 0.146 e. The third kappa shape index (κ3) is 3.23. The molecule has 0 aliphatic heterocycles.